The van der Waals surface area contributed by atoms with E-state index in [-0.39, 0.29) is 10.8 Å². The van der Waals surface area contributed by atoms with Crippen LogP contribution in [-0.2, 0) is 10.8 Å². The number of rotatable bonds is 0. The van der Waals surface area contributed by atoms with Gasteiger partial charge >= 0.3 is 0 Å². The highest BCUT2D eigenvalue weighted by atomic mass is 15.2. The van der Waals surface area contributed by atoms with Crippen LogP contribution in [0, 0.1) is 6.92 Å². The van der Waals surface area contributed by atoms with Gasteiger partial charge in [0.25, 0.3) is 5.84 Å². The van der Waals surface area contributed by atoms with Gasteiger partial charge in [-0.25, -0.2) is 4.58 Å². The number of aryl methyl sites for hydroxylation is 1. The van der Waals surface area contributed by atoms with Crippen LogP contribution in [0.4, 0.5) is 5.69 Å². The van der Waals surface area contributed by atoms with Crippen LogP contribution in [0.5, 0.6) is 0 Å². The molecule has 43 heavy (non-hydrogen) atoms. The van der Waals surface area contributed by atoms with E-state index in [1.165, 1.54) is 77.8 Å². The Morgan fingerprint density at radius 2 is 1.07 bits per heavy atom. The molecular formula is C41H41N2+. The molecule has 0 radical (unpaired) electrons. The summed E-state index contributed by atoms with van der Waals surface area (Å²) >= 11 is 0. The summed E-state index contributed by atoms with van der Waals surface area (Å²) in [5.41, 5.74) is 14.0. The molecular weight excluding hydrogens is 520 g/mol. The summed E-state index contributed by atoms with van der Waals surface area (Å²) in [4.78, 5) is 0. The van der Waals surface area contributed by atoms with Crippen LogP contribution in [0.15, 0.2) is 103 Å². The molecule has 7 rings (SSSR count). The molecule has 0 fully saturated rings. The third kappa shape index (κ3) is 4.11. The number of hydrogen-bond acceptors (Lipinski definition) is 0. The molecule has 0 saturated carbocycles. The van der Waals surface area contributed by atoms with Crippen molar-refractivity contribution >= 4 is 33.3 Å². The maximum Gasteiger partial charge on any atom is 0.295 e. The minimum Gasteiger partial charge on any atom is -0.228 e. The van der Waals surface area contributed by atoms with Crippen molar-refractivity contribution in [3.63, 3.8) is 0 Å². The van der Waals surface area contributed by atoms with E-state index in [9.17, 15) is 0 Å². The van der Waals surface area contributed by atoms with E-state index in [4.69, 9.17) is 0 Å². The van der Waals surface area contributed by atoms with Crippen LogP contribution < -0.4 is 0 Å². The van der Waals surface area contributed by atoms with Gasteiger partial charge in [0.2, 0.25) is 0 Å². The summed E-state index contributed by atoms with van der Waals surface area (Å²) in [5, 5.41) is 2.57. The van der Waals surface area contributed by atoms with Crippen LogP contribution in [0.1, 0.15) is 63.8 Å². The first kappa shape index (κ1) is 27.4. The van der Waals surface area contributed by atoms with E-state index in [0.29, 0.717) is 0 Å². The maximum absolute atomic E-state index is 2.56. The van der Waals surface area contributed by atoms with Gasteiger partial charge in [0.05, 0.1) is 12.6 Å². The summed E-state index contributed by atoms with van der Waals surface area (Å²) < 4.78 is 5.07. The van der Waals surface area contributed by atoms with Gasteiger partial charge in [-0.2, -0.15) is 4.57 Å². The first-order valence-electron chi connectivity index (χ1n) is 15.5. The lowest BCUT2D eigenvalue weighted by Crippen LogP contribution is -2.30. The maximum atomic E-state index is 2.56. The largest absolute Gasteiger partial charge is 0.295 e. The standard InChI is InChI=1S/C41H41N2/c1-26-16-13-21-32-29-19-11-12-25-35(29)43(37(26)32)39-36-30(20-14-23-33(36)40(2,3)4)27-17-9-10-18-28(27)31-22-15-24-34(41(5,6)7)38(31)42(39)8/h9-25H,1-8H3/q+1. The van der Waals surface area contributed by atoms with Crippen molar-refractivity contribution in [2.75, 3.05) is 7.05 Å². The van der Waals surface area contributed by atoms with Gasteiger partial charge in [-0.1, -0.05) is 126 Å². The molecule has 2 heterocycles. The monoisotopic (exact) mass is 561 g/mol. The topological polar surface area (TPSA) is 7.94 Å². The summed E-state index contributed by atoms with van der Waals surface area (Å²) in [7, 11) is 2.29. The molecule has 1 aliphatic rings. The van der Waals surface area contributed by atoms with Gasteiger partial charge in [0.15, 0.2) is 0 Å². The minimum atomic E-state index is -0.0776. The first-order valence-corrected chi connectivity index (χ1v) is 15.5. The van der Waals surface area contributed by atoms with Crippen molar-refractivity contribution in [3.8, 4) is 22.3 Å². The molecule has 214 valence electrons. The molecule has 0 aliphatic carbocycles. The second-order valence-electron chi connectivity index (χ2n) is 14.2. The van der Waals surface area contributed by atoms with Crippen LogP contribution in [0.25, 0.3) is 44.1 Å². The zero-order valence-electron chi connectivity index (χ0n) is 26.7. The summed E-state index contributed by atoms with van der Waals surface area (Å²) in [5.74, 6) is 1.20. The zero-order valence-corrected chi connectivity index (χ0v) is 26.7. The number of para-hydroxylation sites is 3. The van der Waals surface area contributed by atoms with Crippen molar-refractivity contribution in [1.29, 1.82) is 0 Å². The second-order valence-corrected chi connectivity index (χ2v) is 14.2. The quantitative estimate of drug-likeness (QED) is 0.163. The lowest BCUT2D eigenvalue weighted by Gasteiger charge is -2.30. The van der Waals surface area contributed by atoms with E-state index in [1.807, 2.05) is 0 Å². The Hall–Kier alpha value is -4.43. The number of nitrogens with zero attached hydrogens (tertiary/aromatic N) is 2. The molecule has 0 atom stereocenters. The van der Waals surface area contributed by atoms with Crippen LogP contribution in [0.2, 0.25) is 0 Å². The van der Waals surface area contributed by atoms with Gasteiger partial charge in [-0.05, 0) is 63.8 Å². The molecule has 6 aromatic rings. The smallest absolute Gasteiger partial charge is 0.228 e. The van der Waals surface area contributed by atoms with Gasteiger partial charge in [-0.15, -0.1) is 0 Å². The lowest BCUT2D eigenvalue weighted by molar-refractivity contribution is -0.406. The summed E-state index contributed by atoms with van der Waals surface area (Å²) in [6, 6.07) is 38.4. The van der Waals surface area contributed by atoms with Crippen molar-refractivity contribution in [2.24, 2.45) is 0 Å². The van der Waals surface area contributed by atoms with Crippen molar-refractivity contribution in [2.45, 2.75) is 59.3 Å². The number of fused-ring (bicyclic) bond motifs is 8. The molecule has 1 aliphatic heterocycles. The number of benzene rings is 5. The molecule has 0 spiro atoms. The highest BCUT2D eigenvalue weighted by molar-refractivity contribution is 6.19. The van der Waals surface area contributed by atoms with Crippen LogP contribution >= 0.6 is 0 Å². The molecule has 1 aromatic heterocycles. The average Bonchev–Trinajstić information content (AvgIpc) is 3.31. The molecule has 0 bridgehead atoms. The molecule has 0 unspecified atom stereocenters. The second kappa shape index (κ2) is 9.54. The van der Waals surface area contributed by atoms with Gasteiger partial charge in [-0.3, -0.25) is 0 Å². The summed E-state index contributed by atoms with van der Waals surface area (Å²) in [6.45, 7) is 16.3. The molecule has 5 aromatic carbocycles. The average molecular weight is 562 g/mol. The third-order valence-corrected chi connectivity index (χ3v) is 9.21. The van der Waals surface area contributed by atoms with Crippen molar-refractivity contribution in [3.05, 3.63) is 125 Å². The van der Waals surface area contributed by atoms with Gasteiger partial charge < -0.3 is 0 Å². The lowest BCUT2D eigenvalue weighted by atomic mass is 9.77. The Labute approximate surface area is 255 Å². The van der Waals surface area contributed by atoms with Gasteiger partial charge in [0, 0.05) is 21.9 Å². The Bertz CT molecular complexity index is 2100. The van der Waals surface area contributed by atoms with Crippen molar-refractivity contribution < 1.29 is 4.58 Å². The third-order valence-electron chi connectivity index (χ3n) is 9.21. The Kier molecular flexibility index (Phi) is 6.08. The van der Waals surface area contributed by atoms with Crippen LogP contribution in [0.3, 0.4) is 0 Å². The molecule has 0 saturated heterocycles. The Morgan fingerprint density at radius 3 is 1.77 bits per heavy atom. The SMILES string of the molecule is Cc1cccc2c3ccccc3n(C3=[N+](C)c4c(cccc4C(C)(C)C)-c4ccccc4-c4cccc(C(C)(C)C)c43)c12. The summed E-state index contributed by atoms with van der Waals surface area (Å²) in [6.07, 6.45) is 0. The predicted molar refractivity (Wildman–Crippen MR) is 184 cm³/mol. The Balaban J connectivity index is 1.81. The van der Waals surface area contributed by atoms with E-state index in [0.717, 1.165) is 0 Å². The highest BCUT2D eigenvalue weighted by Crippen LogP contribution is 2.47. The van der Waals surface area contributed by atoms with Gasteiger partial charge in [0.1, 0.15) is 16.7 Å². The fourth-order valence-electron chi connectivity index (χ4n) is 7.27. The highest BCUT2D eigenvalue weighted by Gasteiger charge is 2.37. The molecule has 2 nitrogen and oxygen atoms in total. The molecule has 2 heteroatoms. The zero-order chi connectivity index (χ0) is 30.3. The van der Waals surface area contributed by atoms with Crippen molar-refractivity contribution in [1.82, 2.24) is 4.57 Å². The minimum absolute atomic E-state index is 0.0536. The van der Waals surface area contributed by atoms with E-state index in [2.05, 4.69) is 168 Å². The molecule has 0 N–H and O–H groups in total. The van der Waals surface area contributed by atoms with E-state index < -0.39 is 0 Å². The van der Waals surface area contributed by atoms with Crippen LogP contribution in [-0.4, -0.2) is 22.0 Å². The fourth-order valence-corrected chi connectivity index (χ4v) is 7.27. The van der Waals surface area contributed by atoms with E-state index >= 15 is 0 Å². The number of aromatic nitrogens is 1. The van der Waals surface area contributed by atoms with E-state index in [1.54, 1.807) is 0 Å². The molecule has 0 amide bonds. The predicted octanol–water partition coefficient (Wildman–Crippen LogP) is 10.6. The number of hydrogen-bond donors (Lipinski definition) is 0. The fraction of sp³-hybridized carbons (Fsp3) is 0.244. The first-order chi connectivity index (χ1) is 20.5. The Morgan fingerprint density at radius 1 is 0.535 bits per heavy atom. The normalized spacial score (nSPS) is 13.5.